The SMILES string of the molecule is Clc1nc2cccc(Br)c2cc1-c1ccccc1. The van der Waals surface area contributed by atoms with E-state index in [1.54, 1.807) is 0 Å². The summed E-state index contributed by atoms with van der Waals surface area (Å²) < 4.78 is 1.03. The molecule has 3 aromatic rings. The topological polar surface area (TPSA) is 12.9 Å². The van der Waals surface area contributed by atoms with E-state index in [-0.39, 0.29) is 0 Å². The van der Waals surface area contributed by atoms with Crippen molar-refractivity contribution in [2.24, 2.45) is 0 Å². The molecule has 1 aromatic heterocycles. The highest BCUT2D eigenvalue weighted by Gasteiger charge is 2.08. The maximum absolute atomic E-state index is 6.26. The van der Waals surface area contributed by atoms with Crippen molar-refractivity contribution >= 4 is 38.4 Å². The summed E-state index contributed by atoms with van der Waals surface area (Å²) >= 11 is 9.81. The molecule has 3 rings (SSSR count). The smallest absolute Gasteiger partial charge is 0.137 e. The van der Waals surface area contributed by atoms with Crippen LogP contribution in [0, 0.1) is 0 Å². The average Bonchev–Trinajstić information content (AvgIpc) is 2.39. The van der Waals surface area contributed by atoms with E-state index in [0.717, 1.165) is 26.5 Å². The standard InChI is InChI=1S/C15H9BrClN/c16-13-7-4-8-14-12(13)9-11(15(17)18-14)10-5-2-1-3-6-10/h1-9H. The van der Waals surface area contributed by atoms with Gasteiger partial charge in [0.25, 0.3) is 0 Å². The van der Waals surface area contributed by atoms with Crippen LogP contribution in [0.3, 0.4) is 0 Å². The molecule has 0 bridgehead atoms. The van der Waals surface area contributed by atoms with Crippen LogP contribution in [-0.4, -0.2) is 4.98 Å². The van der Waals surface area contributed by atoms with Gasteiger partial charge in [-0.15, -0.1) is 0 Å². The Morgan fingerprint density at radius 1 is 0.944 bits per heavy atom. The largest absolute Gasteiger partial charge is 0.235 e. The Hall–Kier alpha value is -1.38. The van der Waals surface area contributed by atoms with Gasteiger partial charge in [-0.1, -0.05) is 63.9 Å². The van der Waals surface area contributed by atoms with Gasteiger partial charge in [0.2, 0.25) is 0 Å². The summed E-state index contributed by atoms with van der Waals surface area (Å²) in [7, 11) is 0. The molecule has 0 aliphatic heterocycles. The van der Waals surface area contributed by atoms with Crippen molar-refractivity contribution in [1.29, 1.82) is 0 Å². The maximum Gasteiger partial charge on any atom is 0.137 e. The van der Waals surface area contributed by atoms with Crippen LogP contribution in [0.5, 0.6) is 0 Å². The molecule has 0 fully saturated rings. The lowest BCUT2D eigenvalue weighted by Crippen LogP contribution is -1.86. The molecular formula is C15H9BrClN. The van der Waals surface area contributed by atoms with E-state index in [2.05, 4.69) is 27.0 Å². The van der Waals surface area contributed by atoms with E-state index in [1.165, 1.54) is 0 Å². The Balaban J connectivity index is 2.31. The zero-order chi connectivity index (χ0) is 12.5. The molecule has 0 amide bonds. The van der Waals surface area contributed by atoms with Gasteiger partial charge in [0.1, 0.15) is 5.15 Å². The number of hydrogen-bond acceptors (Lipinski definition) is 1. The lowest BCUT2D eigenvalue weighted by atomic mass is 10.1. The van der Waals surface area contributed by atoms with E-state index >= 15 is 0 Å². The fourth-order valence-electron chi connectivity index (χ4n) is 1.96. The van der Waals surface area contributed by atoms with Gasteiger partial charge in [-0.25, -0.2) is 4.98 Å². The molecular weight excluding hydrogens is 310 g/mol. The third-order valence-electron chi connectivity index (χ3n) is 2.84. The van der Waals surface area contributed by atoms with Crippen molar-refractivity contribution in [3.05, 3.63) is 64.2 Å². The molecule has 0 aliphatic carbocycles. The summed E-state index contributed by atoms with van der Waals surface area (Å²) in [5.74, 6) is 0. The number of fused-ring (bicyclic) bond motifs is 1. The lowest BCUT2D eigenvalue weighted by molar-refractivity contribution is 1.40. The Bertz CT molecular complexity index is 710. The Morgan fingerprint density at radius 3 is 2.50 bits per heavy atom. The minimum absolute atomic E-state index is 0.534. The predicted molar refractivity (Wildman–Crippen MR) is 79.9 cm³/mol. The quantitative estimate of drug-likeness (QED) is 0.553. The Morgan fingerprint density at radius 2 is 1.72 bits per heavy atom. The monoisotopic (exact) mass is 317 g/mol. The maximum atomic E-state index is 6.26. The van der Waals surface area contributed by atoms with E-state index < -0.39 is 0 Å². The number of aromatic nitrogens is 1. The van der Waals surface area contributed by atoms with E-state index in [0.29, 0.717) is 5.15 Å². The normalized spacial score (nSPS) is 10.8. The molecule has 2 aromatic carbocycles. The molecule has 0 unspecified atom stereocenters. The first-order chi connectivity index (χ1) is 8.75. The summed E-state index contributed by atoms with van der Waals surface area (Å²) in [6, 6.07) is 18.0. The van der Waals surface area contributed by atoms with E-state index in [1.807, 2.05) is 48.5 Å². The number of benzene rings is 2. The molecule has 0 atom stereocenters. The molecule has 18 heavy (non-hydrogen) atoms. The van der Waals surface area contributed by atoms with Crippen LogP contribution in [0.4, 0.5) is 0 Å². The number of pyridine rings is 1. The second kappa shape index (κ2) is 4.71. The number of halogens is 2. The summed E-state index contributed by atoms with van der Waals surface area (Å²) in [6.07, 6.45) is 0. The van der Waals surface area contributed by atoms with Gasteiger partial charge in [-0.2, -0.15) is 0 Å². The van der Waals surface area contributed by atoms with Crippen molar-refractivity contribution in [3.63, 3.8) is 0 Å². The molecule has 0 saturated carbocycles. The van der Waals surface area contributed by atoms with Crippen LogP contribution in [0.15, 0.2) is 59.1 Å². The van der Waals surface area contributed by atoms with Gasteiger partial charge in [0.05, 0.1) is 5.52 Å². The summed E-state index contributed by atoms with van der Waals surface area (Å²) in [5, 5.41) is 1.60. The third-order valence-corrected chi connectivity index (χ3v) is 3.82. The summed E-state index contributed by atoms with van der Waals surface area (Å²) in [6.45, 7) is 0. The van der Waals surface area contributed by atoms with Crippen LogP contribution in [-0.2, 0) is 0 Å². The van der Waals surface area contributed by atoms with Crippen LogP contribution in [0.2, 0.25) is 5.15 Å². The first-order valence-corrected chi connectivity index (χ1v) is 6.73. The minimum atomic E-state index is 0.534. The van der Waals surface area contributed by atoms with Crippen molar-refractivity contribution in [1.82, 2.24) is 4.98 Å². The van der Waals surface area contributed by atoms with Crippen LogP contribution >= 0.6 is 27.5 Å². The van der Waals surface area contributed by atoms with E-state index in [4.69, 9.17) is 11.6 Å². The van der Waals surface area contributed by atoms with Crippen LogP contribution < -0.4 is 0 Å². The second-order valence-electron chi connectivity index (χ2n) is 4.00. The van der Waals surface area contributed by atoms with Crippen molar-refractivity contribution in [2.75, 3.05) is 0 Å². The average molecular weight is 319 g/mol. The highest BCUT2D eigenvalue weighted by molar-refractivity contribution is 9.10. The summed E-state index contributed by atoms with van der Waals surface area (Å²) in [4.78, 5) is 4.45. The first kappa shape index (κ1) is 11.7. The lowest BCUT2D eigenvalue weighted by Gasteiger charge is -2.07. The molecule has 0 saturated heterocycles. The highest BCUT2D eigenvalue weighted by Crippen LogP contribution is 2.32. The summed E-state index contributed by atoms with van der Waals surface area (Å²) in [5.41, 5.74) is 2.93. The predicted octanol–water partition coefficient (Wildman–Crippen LogP) is 5.32. The van der Waals surface area contributed by atoms with Crippen molar-refractivity contribution < 1.29 is 0 Å². The molecule has 3 heteroatoms. The zero-order valence-corrected chi connectivity index (χ0v) is 11.7. The molecule has 0 spiro atoms. The highest BCUT2D eigenvalue weighted by atomic mass is 79.9. The molecule has 1 heterocycles. The van der Waals surface area contributed by atoms with Crippen LogP contribution in [0.1, 0.15) is 0 Å². The van der Waals surface area contributed by atoms with Crippen molar-refractivity contribution in [2.45, 2.75) is 0 Å². The molecule has 0 N–H and O–H groups in total. The van der Waals surface area contributed by atoms with Gasteiger partial charge < -0.3 is 0 Å². The fraction of sp³-hybridized carbons (Fsp3) is 0. The molecule has 88 valence electrons. The third kappa shape index (κ3) is 2.02. The van der Waals surface area contributed by atoms with E-state index in [9.17, 15) is 0 Å². The Labute approximate surface area is 119 Å². The Kier molecular flexibility index (Phi) is 3.06. The van der Waals surface area contributed by atoms with Gasteiger partial charge in [-0.3, -0.25) is 0 Å². The fourth-order valence-corrected chi connectivity index (χ4v) is 2.68. The van der Waals surface area contributed by atoms with Crippen molar-refractivity contribution in [3.8, 4) is 11.1 Å². The molecule has 1 nitrogen and oxygen atoms in total. The van der Waals surface area contributed by atoms with Gasteiger partial charge in [0, 0.05) is 15.4 Å². The molecule has 0 aliphatic rings. The number of rotatable bonds is 1. The zero-order valence-electron chi connectivity index (χ0n) is 9.40. The van der Waals surface area contributed by atoms with Gasteiger partial charge in [0.15, 0.2) is 0 Å². The minimum Gasteiger partial charge on any atom is -0.235 e. The second-order valence-corrected chi connectivity index (χ2v) is 5.21. The van der Waals surface area contributed by atoms with Gasteiger partial charge >= 0.3 is 0 Å². The number of nitrogens with zero attached hydrogens (tertiary/aromatic N) is 1. The first-order valence-electron chi connectivity index (χ1n) is 5.56. The van der Waals surface area contributed by atoms with Gasteiger partial charge in [-0.05, 0) is 23.8 Å². The number of hydrogen-bond donors (Lipinski definition) is 0. The molecule has 0 radical (unpaired) electrons. The van der Waals surface area contributed by atoms with Crippen LogP contribution in [0.25, 0.3) is 22.0 Å².